The lowest BCUT2D eigenvalue weighted by molar-refractivity contribution is -0.178. The summed E-state index contributed by atoms with van der Waals surface area (Å²) < 4.78 is 15.7. The van der Waals surface area contributed by atoms with Gasteiger partial charge in [0.2, 0.25) is 0 Å². The van der Waals surface area contributed by atoms with Crippen molar-refractivity contribution in [3.8, 4) is 0 Å². The molecule has 0 bridgehead atoms. The smallest absolute Gasteiger partial charge is 0.327 e. The summed E-state index contributed by atoms with van der Waals surface area (Å²) in [5.74, 6) is -1.71. The van der Waals surface area contributed by atoms with Gasteiger partial charge in [0.05, 0.1) is 12.5 Å². The molecule has 1 aromatic rings. The molecule has 120 valence electrons. The number of benzene rings is 1. The van der Waals surface area contributed by atoms with Gasteiger partial charge in [-0.25, -0.2) is 0 Å². The van der Waals surface area contributed by atoms with Gasteiger partial charge in [0.1, 0.15) is 11.5 Å². The molecule has 1 aliphatic heterocycles. The Balaban J connectivity index is 2.32. The quantitative estimate of drug-likeness (QED) is 0.586. The lowest BCUT2D eigenvalue weighted by atomic mass is 9.89. The minimum atomic E-state index is -1.31. The molecule has 2 rings (SSSR count). The van der Waals surface area contributed by atoms with Crippen LogP contribution in [0.3, 0.4) is 0 Å². The highest BCUT2D eigenvalue weighted by Crippen LogP contribution is 2.33. The number of carbonyl (C=O) groups is 2. The van der Waals surface area contributed by atoms with Crippen LogP contribution >= 0.6 is 11.6 Å². The maximum atomic E-state index is 12.4. The number of ether oxygens (including phenoxy) is 3. The second-order valence-corrected chi connectivity index (χ2v) is 6.21. The number of cyclic esters (lactones) is 2. The van der Waals surface area contributed by atoms with Crippen molar-refractivity contribution in [1.82, 2.24) is 0 Å². The third kappa shape index (κ3) is 4.21. The van der Waals surface area contributed by atoms with Crippen LogP contribution in [0.15, 0.2) is 30.3 Å². The minimum absolute atomic E-state index is 0.0685. The predicted octanol–water partition coefficient (Wildman–Crippen LogP) is 2.62. The molecule has 0 aliphatic carbocycles. The lowest BCUT2D eigenvalue weighted by Crippen LogP contribution is -2.35. The SMILES string of the molecule is CC1OCCOC(=O)C(C)(Cl)CC(c2ccccc2)C(=O)O1. The van der Waals surface area contributed by atoms with E-state index in [1.807, 2.05) is 18.2 Å². The van der Waals surface area contributed by atoms with Crippen LogP contribution in [-0.2, 0) is 23.8 Å². The first-order valence-corrected chi connectivity index (χ1v) is 7.51. The van der Waals surface area contributed by atoms with Gasteiger partial charge in [0.15, 0.2) is 6.29 Å². The maximum Gasteiger partial charge on any atom is 0.327 e. The van der Waals surface area contributed by atoms with Gasteiger partial charge in [-0.1, -0.05) is 30.3 Å². The Bertz CT molecular complexity index is 529. The summed E-state index contributed by atoms with van der Waals surface area (Å²) >= 11 is 6.30. The molecule has 1 aliphatic rings. The van der Waals surface area contributed by atoms with Crippen molar-refractivity contribution in [2.24, 2.45) is 0 Å². The Morgan fingerprint density at radius 2 is 1.86 bits per heavy atom. The molecule has 1 saturated heterocycles. The fourth-order valence-electron chi connectivity index (χ4n) is 2.27. The van der Waals surface area contributed by atoms with Crippen LogP contribution in [0.4, 0.5) is 0 Å². The number of hydrogen-bond donors (Lipinski definition) is 0. The zero-order valence-corrected chi connectivity index (χ0v) is 13.3. The first-order chi connectivity index (χ1) is 10.4. The van der Waals surface area contributed by atoms with Crippen molar-refractivity contribution in [2.45, 2.75) is 37.4 Å². The van der Waals surface area contributed by atoms with Gasteiger partial charge in [-0.05, 0) is 25.8 Å². The number of esters is 2. The standard InChI is InChI=1S/C16H19ClO5/c1-11-20-8-9-21-15(19)16(2,17)10-13(14(18)22-11)12-6-4-3-5-7-12/h3-7,11,13H,8-10H2,1-2H3. The highest BCUT2D eigenvalue weighted by Gasteiger charge is 2.39. The molecule has 0 spiro atoms. The monoisotopic (exact) mass is 326 g/mol. The van der Waals surface area contributed by atoms with E-state index < -0.39 is 29.0 Å². The molecule has 0 N–H and O–H groups in total. The van der Waals surface area contributed by atoms with Crippen LogP contribution in [0, 0.1) is 0 Å². The van der Waals surface area contributed by atoms with Crippen LogP contribution in [0.25, 0.3) is 0 Å². The number of halogens is 1. The van der Waals surface area contributed by atoms with E-state index in [1.165, 1.54) is 0 Å². The van der Waals surface area contributed by atoms with E-state index in [4.69, 9.17) is 25.8 Å². The van der Waals surface area contributed by atoms with Crippen LogP contribution in [0.1, 0.15) is 31.7 Å². The summed E-state index contributed by atoms with van der Waals surface area (Å²) in [6.07, 6.45) is -0.625. The largest absolute Gasteiger partial charge is 0.462 e. The molecule has 3 unspecified atom stereocenters. The molecule has 1 heterocycles. The number of carbonyl (C=O) groups excluding carboxylic acids is 2. The van der Waals surface area contributed by atoms with E-state index in [-0.39, 0.29) is 19.6 Å². The molecule has 0 radical (unpaired) electrons. The second-order valence-electron chi connectivity index (χ2n) is 5.38. The zero-order valence-electron chi connectivity index (χ0n) is 12.6. The first-order valence-electron chi connectivity index (χ1n) is 7.13. The van der Waals surface area contributed by atoms with Gasteiger partial charge in [-0.2, -0.15) is 0 Å². The normalized spacial score (nSPS) is 30.9. The van der Waals surface area contributed by atoms with Crippen molar-refractivity contribution >= 4 is 23.5 Å². The highest BCUT2D eigenvalue weighted by molar-refractivity contribution is 6.33. The number of alkyl halides is 1. The third-order valence-corrected chi connectivity index (χ3v) is 3.76. The molecular formula is C16H19ClO5. The molecular weight excluding hydrogens is 308 g/mol. The number of hydrogen-bond acceptors (Lipinski definition) is 5. The van der Waals surface area contributed by atoms with Crippen LogP contribution in [0.2, 0.25) is 0 Å². The second kappa shape index (κ2) is 7.11. The molecule has 6 heteroatoms. The summed E-state index contributed by atoms with van der Waals surface area (Å²) in [5, 5.41) is 0. The average Bonchev–Trinajstić information content (AvgIpc) is 2.50. The van der Waals surface area contributed by atoms with Gasteiger partial charge >= 0.3 is 11.9 Å². The third-order valence-electron chi connectivity index (χ3n) is 3.45. The molecule has 3 atom stereocenters. The zero-order chi connectivity index (χ0) is 16.2. The molecule has 0 aromatic heterocycles. The van der Waals surface area contributed by atoms with Crippen LogP contribution < -0.4 is 0 Å². The fourth-order valence-corrected chi connectivity index (χ4v) is 2.48. The van der Waals surface area contributed by atoms with Crippen molar-refractivity contribution in [3.63, 3.8) is 0 Å². The van der Waals surface area contributed by atoms with Crippen LogP contribution in [-0.4, -0.2) is 36.3 Å². The molecule has 0 saturated carbocycles. The molecule has 1 fully saturated rings. The highest BCUT2D eigenvalue weighted by atomic mass is 35.5. The number of rotatable bonds is 1. The Hall–Kier alpha value is -1.59. The Labute approximate surface area is 134 Å². The predicted molar refractivity (Wildman–Crippen MR) is 80.5 cm³/mol. The first kappa shape index (κ1) is 16.8. The van der Waals surface area contributed by atoms with Gasteiger partial charge in [-0.3, -0.25) is 9.59 Å². The molecule has 5 nitrogen and oxygen atoms in total. The summed E-state index contributed by atoms with van der Waals surface area (Å²) in [4.78, 5) is 23.2. The van der Waals surface area contributed by atoms with E-state index in [1.54, 1.807) is 26.0 Å². The Kier molecular flexibility index (Phi) is 5.42. The van der Waals surface area contributed by atoms with Gasteiger partial charge in [0, 0.05) is 0 Å². The van der Waals surface area contributed by atoms with Crippen molar-refractivity contribution < 1.29 is 23.8 Å². The van der Waals surface area contributed by atoms with E-state index in [2.05, 4.69) is 0 Å². The van der Waals surface area contributed by atoms with Crippen LogP contribution in [0.5, 0.6) is 0 Å². The van der Waals surface area contributed by atoms with Crippen molar-refractivity contribution in [1.29, 1.82) is 0 Å². The topological polar surface area (TPSA) is 61.8 Å². The maximum absolute atomic E-state index is 12.4. The molecule has 1 aromatic carbocycles. The van der Waals surface area contributed by atoms with E-state index in [9.17, 15) is 9.59 Å². The molecule has 22 heavy (non-hydrogen) atoms. The van der Waals surface area contributed by atoms with Crippen molar-refractivity contribution in [2.75, 3.05) is 13.2 Å². The van der Waals surface area contributed by atoms with Gasteiger partial charge in [0.25, 0.3) is 0 Å². The summed E-state index contributed by atoms with van der Waals surface area (Å²) in [7, 11) is 0. The van der Waals surface area contributed by atoms with E-state index >= 15 is 0 Å². The van der Waals surface area contributed by atoms with E-state index in [0.717, 1.165) is 5.56 Å². The minimum Gasteiger partial charge on any atom is -0.462 e. The Morgan fingerprint density at radius 1 is 1.18 bits per heavy atom. The molecule has 0 amide bonds. The van der Waals surface area contributed by atoms with Gasteiger partial charge in [-0.15, -0.1) is 11.6 Å². The summed E-state index contributed by atoms with van der Waals surface area (Å²) in [5.41, 5.74) is 0.735. The van der Waals surface area contributed by atoms with E-state index in [0.29, 0.717) is 0 Å². The Morgan fingerprint density at radius 3 is 2.55 bits per heavy atom. The lowest BCUT2D eigenvalue weighted by Gasteiger charge is -2.25. The van der Waals surface area contributed by atoms with Gasteiger partial charge < -0.3 is 14.2 Å². The fraction of sp³-hybridized carbons (Fsp3) is 0.500. The van der Waals surface area contributed by atoms with Crippen molar-refractivity contribution in [3.05, 3.63) is 35.9 Å². The average molecular weight is 327 g/mol. The summed E-state index contributed by atoms with van der Waals surface area (Å²) in [6.45, 7) is 3.38. The summed E-state index contributed by atoms with van der Waals surface area (Å²) in [6, 6.07) is 9.08.